The first-order valence-corrected chi connectivity index (χ1v) is 7.81. The van der Waals surface area contributed by atoms with Crippen molar-refractivity contribution in [2.45, 2.75) is 51.1 Å². The average molecular weight is 336 g/mol. The summed E-state index contributed by atoms with van der Waals surface area (Å²) in [5.74, 6) is -0.489. The second-order valence-corrected chi connectivity index (χ2v) is 6.73. The fraction of sp³-hybridized carbons (Fsp3) is 0.923. The number of hydrogen-bond donors (Lipinski definition) is 0. The third-order valence-electron chi connectivity index (χ3n) is 3.26. The Morgan fingerprint density at radius 1 is 1.42 bits per heavy atom. The zero-order valence-corrected chi connectivity index (χ0v) is 13.4. The van der Waals surface area contributed by atoms with E-state index < -0.39 is 11.4 Å². The van der Waals surface area contributed by atoms with Crippen LogP contribution in [0.25, 0.3) is 0 Å². The Kier molecular flexibility index (Phi) is 4.42. The van der Waals surface area contributed by atoms with E-state index in [1.54, 1.807) is 4.90 Å². The molecule has 2 fully saturated rings. The van der Waals surface area contributed by atoms with Gasteiger partial charge in [0.05, 0.1) is 12.7 Å². The van der Waals surface area contributed by atoms with E-state index in [-0.39, 0.29) is 12.2 Å². The molecule has 0 N–H and O–H groups in total. The molecule has 0 aromatic rings. The van der Waals surface area contributed by atoms with E-state index in [0.717, 1.165) is 5.33 Å². The summed E-state index contributed by atoms with van der Waals surface area (Å²) in [5, 5.41) is 0.782. The molecule has 1 spiro atoms. The van der Waals surface area contributed by atoms with Crippen molar-refractivity contribution in [2.24, 2.45) is 0 Å². The number of likely N-dealkylation sites (tertiary alicyclic amines) is 1. The molecule has 0 aromatic carbocycles. The van der Waals surface area contributed by atoms with Gasteiger partial charge in [0.2, 0.25) is 0 Å². The van der Waals surface area contributed by atoms with Gasteiger partial charge in [0, 0.05) is 31.3 Å². The molecule has 0 aliphatic carbocycles. The summed E-state index contributed by atoms with van der Waals surface area (Å²) in [6.07, 6.45) is 1.27. The highest BCUT2D eigenvalue weighted by Crippen LogP contribution is 2.34. The second-order valence-electron chi connectivity index (χ2n) is 6.08. The molecule has 0 aromatic heterocycles. The van der Waals surface area contributed by atoms with Crippen LogP contribution in [0.4, 0.5) is 4.79 Å². The number of ether oxygens (including phenoxy) is 3. The van der Waals surface area contributed by atoms with Gasteiger partial charge in [-0.15, -0.1) is 0 Å². The molecule has 0 saturated carbocycles. The maximum Gasteiger partial charge on any atom is 0.410 e. The Bertz CT molecular complexity index is 334. The van der Waals surface area contributed by atoms with Gasteiger partial charge in [0.15, 0.2) is 5.79 Å². The molecule has 6 heteroatoms. The molecule has 110 valence electrons. The SMILES string of the molecule is CC(C)(C)OC(=O)N1CCC2(CC1)OCC(CBr)O2. The molecule has 0 bridgehead atoms. The van der Waals surface area contributed by atoms with E-state index in [2.05, 4.69) is 15.9 Å². The normalized spacial score (nSPS) is 26.7. The third-order valence-corrected chi connectivity index (χ3v) is 3.98. The molecule has 1 amide bonds. The molecule has 2 aliphatic rings. The van der Waals surface area contributed by atoms with Crippen molar-refractivity contribution < 1.29 is 19.0 Å². The molecule has 2 aliphatic heterocycles. The van der Waals surface area contributed by atoms with Crippen molar-refractivity contribution in [3.8, 4) is 0 Å². The quantitative estimate of drug-likeness (QED) is 0.691. The summed E-state index contributed by atoms with van der Waals surface area (Å²) < 4.78 is 17.1. The number of alkyl halides is 1. The van der Waals surface area contributed by atoms with Crippen molar-refractivity contribution in [3.05, 3.63) is 0 Å². The molecular weight excluding hydrogens is 314 g/mol. The van der Waals surface area contributed by atoms with Gasteiger partial charge in [-0.3, -0.25) is 0 Å². The van der Waals surface area contributed by atoms with Crippen LogP contribution in [-0.4, -0.2) is 53.5 Å². The number of carbonyl (C=O) groups excluding carboxylic acids is 1. The number of carbonyl (C=O) groups is 1. The molecule has 19 heavy (non-hydrogen) atoms. The van der Waals surface area contributed by atoms with Gasteiger partial charge < -0.3 is 19.1 Å². The molecule has 0 radical (unpaired) electrons. The zero-order valence-electron chi connectivity index (χ0n) is 11.8. The average Bonchev–Trinajstić information content (AvgIpc) is 2.71. The summed E-state index contributed by atoms with van der Waals surface area (Å²) >= 11 is 3.40. The largest absolute Gasteiger partial charge is 0.444 e. The Hall–Kier alpha value is -0.330. The lowest BCUT2D eigenvalue weighted by molar-refractivity contribution is -0.191. The fourth-order valence-electron chi connectivity index (χ4n) is 2.31. The van der Waals surface area contributed by atoms with Crippen molar-refractivity contribution in [3.63, 3.8) is 0 Å². The van der Waals surface area contributed by atoms with Crippen LogP contribution in [0, 0.1) is 0 Å². The summed E-state index contributed by atoms with van der Waals surface area (Å²) in [7, 11) is 0. The van der Waals surface area contributed by atoms with E-state index in [1.165, 1.54) is 0 Å². The molecule has 2 heterocycles. The van der Waals surface area contributed by atoms with Crippen LogP contribution in [0.5, 0.6) is 0 Å². The molecule has 2 saturated heterocycles. The highest BCUT2D eigenvalue weighted by atomic mass is 79.9. The number of hydrogen-bond acceptors (Lipinski definition) is 4. The number of nitrogens with zero attached hydrogens (tertiary/aromatic N) is 1. The van der Waals surface area contributed by atoms with E-state index in [4.69, 9.17) is 14.2 Å². The van der Waals surface area contributed by atoms with Crippen LogP contribution < -0.4 is 0 Å². The van der Waals surface area contributed by atoms with Crippen LogP contribution in [0.3, 0.4) is 0 Å². The van der Waals surface area contributed by atoms with Crippen molar-refractivity contribution >= 4 is 22.0 Å². The number of piperidine rings is 1. The van der Waals surface area contributed by atoms with Gasteiger partial charge in [-0.25, -0.2) is 4.79 Å². The lowest BCUT2D eigenvalue weighted by Gasteiger charge is -2.38. The Balaban J connectivity index is 1.84. The number of halogens is 1. The van der Waals surface area contributed by atoms with E-state index in [1.807, 2.05) is 20.8 Å². The summed E-state index contributed by atoms with van der Waals surface area (Å²) in [6.45, 7) is 7.48. The van der Waals surface area contributed by atoms with Crippen molar-refractivity contribution in [2.75, 3.05) is 25.0 Å². The smallest absolute Gasteiger partial charge is 0.410 e. The van der Waals surface area contributed by atoms with Gasteiger partial charge >= 0.3 is 6.09 Å². The van der Waals surface area contributed by atoms with E-state index in [0.29, 0.717) is 32.5 Å². The maximum absolute atomic E-state index is 12.0. The Labute approximate surface area is 122 Å². The predicted molar refractivity (Wildman–Crippen MR) is 74.4 cm³/mol. The first kappa shape index (κ1) is 15.1. The topological polar surface area (TPSA) is 48.0 Å². The van der Waals surface area contributed by atoms with Gasteiger partial charge in [0.1, 0.15) is 5.60 Å². The molecular formula is C13H22BrNO4. The lowest BCUT2D eigenvalue weighted by Crippen LogP contribution is -2.48. The first-order chi connectivity index (χ1) is 8.84. The molecule has 5 nitrogen and oxygen atoms in total. The number of amides is 1. The monoisotopic (exact) mass is 335 g/mol. The maximum atomic E-state index is 12.0. The minimum absolute atomic E-state index is 0.119. The van der Waals surface area contributed by atoms with Gasteiger partial charge in [-0.05, 0) is 20.8 Å². The molecule has 1 unspecified atom stereocenters. The van der Waals surface area contributed by atoms with E-state index >= 15 is 0 Å². The Morgan fingerprint density at radius 2 is 2.05 bits per heavy atom. The van der Waals surface area contributed by atoms with Crippen LogP contribution in [0.2, 0.25) is 0 Å². The minimum Gasteiger partial charge on any atom is -0.444 e. The molecule has 1 atom stereocenters. The Morgan fingerprint density at radius 3 is 2.53 bits per heavy atom. The van der Waals surface area contributed by atoms with Crippen LogP contribution >= 0.6 is 15.9 Å². The van der Waals surface area contributed by atoms with Gasteiger partial charge in [-0.1, -0.05) is 15.9 Å². The molecule has 2 rings (SSSR count). The first-order valence-electron chi connectivity index (χ1n) is 6.69. The van der Waals surface area contributed by atoms with Gasteiger partial charge in [0.25, 0.3) is 0 Å². The van der Waals surface area contributed by atoms with Crippen molar-refractivity contribution in [1.29, 1.82) is 0 Å². The zero-order chi connectivity index (χ0) is 14.1. The minimum atomic E-state index is -0.489. The van der Waals surface area contributed by atoms with Crippen LogP contribution in [0.15, 0.2) is 0 Å². The third kappa shape index (κ3) is 3.83. The highest BCUT2D eigenvalue weighted by Gasteiger charge is 2.44. The van der Waals surface area contributed by atoms with Crippen LogP contribution in [0.1, 0.15) is 33.6 Å². The fourth-order valence-corrected chi connectivity index (χ4v) is 2.63. The van der Waals surface area contributed by atoms with Crippen molar-refractivity contribution in [1.82, 2.24) is 4.90 Å². The second kappa shape index (κ2) is 5.58. The summed E-state index contributed by atoms with van der Waals surface area (Å²) in [6, 6.07) is 0. The van der Waals surface area contributed by atoms with Crippen LogP contribution in [-0.2, 0) is 14.2 Å². The summed E-state index contributed by atoms with van der Waals surface area (Å²) in [5.41, 5.74) is -0.451. The highest BCUT2D eigenvalue weighted by molar-refractivity contribution is 9.09. The van der Waals surface area contributed by atoms with Gasteiger partial charge in [-0.2, -0.15) is 0 Å². The predicted octanol–water partition coefficient (Wildman–Crippen LogP) is 2.52. The summed E-state index contributed by atoms with van der Waals surface area (Å²) in [4.78, 5) is 13.7. The number of rotatable bonds is 1. The van der Waals surface area contributed by atoms with E-state index in [9.17, 15) is 4.79 Å². The lowest BCUT2D eigenvalue weighted by atomic mass is 10.0. The standard InChI is InChI=1S/C13H22BrNO4/c1-12(2,3)19-11(16)15-6-4-13(5-7-15)17-9-10(8-14)18-13/h10H,4-9H2,1-3H3.